The number of hydrogen-bond acceptors (Lipinski definition) is 6. The molecular formula is C15H21CeO6. The Morgan fingerprint density at radius 3 is 0.682 bits per heavy atom. The average Bonchev–Trinajstić information content (AvgIpc) is 2.10. The molecule has 6 nitrogen and oxygen atoms in total. The van der Waals surface area contributed by atoms with Gasteiger partial charge in [0.2, 0.25) is 0 Å². The Kier molecular flexibility index (Phi) is 23.9. The van der Waals surface area contributed by atoms with Crippen LogP contribution >= 0.6 is 0 Å². The minimum atomic E-state index is -0.187. The Hall–Kier alpha value is -0.993. The van der Waals surface area contributed by atoms with Crippen molar-refractivity contribution in [3.8, 4) is 0 Å². The second kappa shape index (κ2) is 18.1. The molecule has 0 atom stereocenters. The molecule has 0 fully saturated rings. The van der Waals surface area contributed by atoms with Gasteiger partial charge >= 0.3 is 41.7 Å². The first-order chi connectivity index (χ1) is 9.38. The van der Waals surface area contributed by atoms with Crippen LogP contribution < -0.4 is 15.3 Å². The number of hydrogen-bond donors (Lipinski definition) is 0. The molecule has 0 saturated carbocycles. The monoisotopic (exact) mass is 437 g/mol. The molecule has 0 spiro atoms. The van der Waals surface area contributed by atoms with Gasteiger partial charge in [-0.15, -0.1) is 17.3 Å². The van der Waals surface area contributed by atoms with E-state index in [1.807, 2.05) is 0 Å². The van der Waals surface area contributed by atoms with E-state index in [0.29, 0.717) is 0 Å². The maximum Gasteiger partial charge on any atom is 3.00 e. The van der Waals surface area contributed by atoms with Crippen molar-refractivity contribution in [2.24, 2.45) is 0 Å². The van der Waals surface area contributed by atoms with E-state index in [4.69, 9.17) is 0 Å². The molecule has 121 valence electrons. The van der Waals surface area contributed by atoms with Gasteiger partial charge in [0.15, 0.2) is 17.3 Å². The summed E-state index contributed by atoms with van der Waals surface area (Å²) in [5, 5.41) is 29.9. The Balaban J connectivity index is -0.000000108. The van der Waals surface area contributed by atoms with Crippen molar-refractivity contribution < 1.29 is 71.5 Å². The molecule has 0 aliphatic heterocycles. The van der Waals surface area contributed by atoms with Gasteiger partial charge in [-0.1, -0.05) is 20.8 Å². The van der Waals surface area contributed by atoms with Crippen molar-refractivity contribution in [3.63, 3.8) is 0 Å². The van der Waals surface area contributed by atoms with Crippen molar-refractivity contribution in [2.75, 3.05) is 0 Å². The van der Waals surface area contributed by atoms with Crippen LogP contribution in [0.3, 0.4) is 0 Å². The van der Waals surface area contributed by atoms with Gasteiger partial charge in [0, 0.05) is 0 Å². The van der Waals surface area contributed by atoms with Crippen LogP contribution in [-0.2, 0) is 14.4 Å². The Morgan fingerprint density at radius 1 is 0.545 bits per heavy atom. The number of ketones is 3. The topological polar surface area (TPSA) is 120 Å². The van der Waals surface area contributed by atoms with Gasteiger partial charge in [-0.2, -0.15) is 0 Å². The maximum atomic E-state index is 9.98. The fraction of sp³-hybridized carbons (Fsp3) is 0.400. The van der Waals surface area contributed by atoms with Crippen LogP contribution in [0.25, 0.3) is 0 Å². The summed E-state index contributed by atoms with van der Waals surface area (Å²) in [6.45, 7) is 8.09. The second-order valence-electron chi connectivity index (χ2n) is 4.10. The normalized spacial score (nSPS) is 10.9. The van der Waals surface area contributed by atoms with Crippen molar-refractivity contribution in [1.29, 1.82) is 0 Å². The maximum absolute atomic E-state index is 9.98. The quantitative estimate of drug-likeness (QED) is 0.434. The molecule has 1 radical (unpaired) electrons. The molecule has 0 bridgehead atoms. The molecule has 7 heteroatoms. The molecule has 0 aliphatic rings. The van der Waals surface area contributed by atoms with Crippen LogP contribution in [0.1, 0.15) is 41.5 Å². The Morgan fingerprint density at radius 2 is 0.682 bits per heavy atom. The first-order valence-electron chi connectivity index (χ1n) is 5.96. The van der Waals surface area contributed by atoms with Crippen molar-refractivity contribution >= 4 is 17.3 Å². The van der Waals surface area contributed by atoms with Crippen LogP contribution in [0.4, 0.5) is 0 Å². The third kappa shape index (κ3) is 50.9. The predicted molar refractivity (Wildman–Crippen MR) is 73.3 cm³/mol. The van der Waals surface area contributed by atoms with E-state index in [1.54, 1.807) is 0 Å². The van der Waals surface area contributed by atoms with Crippen molar-refractivity contribution in [1.82, 2.24) is 0 Å². The zero-order valence-corrected chi connectivity index (χ0v) is 16.8. The number of rotatable bonds is 3. The van der Waals surface area contributed by atoms with Crippen LogP contribution in [0.15, 0.2) is 35.5 Å². The molecule has 0 aromatic heterocycles. The van der Waals surface area contributed by atoms with Crippen LogP contribution in [0.5, 0.6) is 0 Å². The summed E-state index contributed by atoms with van der Waals surface area (Å²) in [5.74, 6) is -1.12. The van der Waals surface area contributed by atoms with E-state index in [2.05, 4.69) is 0 Å². The summed E-state index contributed by atoms with van der Waals surface area (Å²) in [4.78, 5) is 29.9. The van der Waals surface area contributed by atoms with Gasteiger partial charge in [-0.05, 0) is 39.0 Å². The van der Waals surface area contributed by atoms with E-state index in [9.17, 15) is 29.7 Å². The first kappa shape index (κ1) is 29.1. The Bertz CT molecular complexity index is 368. The van der Waals surface area contributed by atoms with Gasteiger partial charge in [-0.3, -0.25) is 14.4 Å². The minimum absolute atomic E-state index is 0. The fourth-order valence-electron chi connectivity index (χ4n) is 0.859. The molecule has 0 aromatic carbocycles. The molecule has 22 heavy (non-hydrogen) atoms. The number of carbonyl (C=O) groups is 3. The first-order valence-corrected chi connectivity index (χ1v) is 5.96. The van der Waals surface area contributed by atoms with Gasteiger partial charge in [0.1, 0.15) is 0 Å². The molecular weight excluding hydrogens is 416 g/mol. The third-order valence-electron chi connectivity index (χ3n) is 1.22. The largest absolute Gasteiger partial charge is 3.00 e. The smallest absolute Gasteiger partial charge is 0.876 e. The van der Waals surface area contributed by atoms with E-state index < -0.39 is 0 Å². The summed E-state index contributed by atoms with van der Waals surface area (Å²) in [6, 6.07) is 0. The van der Waals surface area contributed by atoms with Gasteiger partial charge in [-0.25, -0.2) is 0 Å². The zero-order valence-electron chi connectivity index (χ0n) is 13.7. The SMILES string of the molecule is CC(=O)/C=C(/C)[O-].CC(=O)/C=C(/C)[O-].CC(=O)/C=C(/C)[O-].[Ce+3]. The van der Waals surface area contributed by atoms with Gasteiger partial charge in [0.25, 0.3) is 0 Å². The molecule has 0 rings (SSSR count). The molecule has 0 aliphatic carbocycles. The third-order valence-corrected chi connectivity index (χ3v) is 1.22. The van der Waals surface area contributed by atoms with Crippen molar-refractivity contribution in [2.45, 2.75) is 41.5 Å². The van der Waals surface area contributed by atoms with E-state index in [0.717, 1.165) is 18.2 Å². The number of carbonyl (C=O) groups excluding carboxylic acids is 3. The predicted octanol–water partition coefficient (Wildman–Crippen LogP) is -0.481. The zero-order chi connectivity index (χ0) is 17.6. The van der Waals surface area contributed by atoms with Crippen molar-refractivity contribution in [3.05, 3.63) is 35.5 Å². The summed E-state index contributed by atoms with van der Waals surface area (Å²) in [7, 11) is 0. The minimum Gasteiger partial charge on any atom is -0.876 e. The van der Waals surface area contributed by atoms with E-state index >= 15 is 0 Å². The van der Waals surface area contributed by atoms with Crippen LogP contribution in [0, 0.1) is 41.7 Å². The summed E-state index contributed by atoms with van der Waals surface area (Å²) >= 11 is 0. The summed E-state index contributed by atoms with van der Waals surface area (Å²) in [5.41, 5.74) is 0. The van der Waals surface area contributed by atoms with Crippen LogP contribution in [-0.4, -0.2) is 17.3 Å². The fourth-order valence-corrected chi connectivity index (χ4v) is 0.859. The van der Waals surface area contributed by atoms with E-state index in [1.165, 1.54) is 41.5 Å². The number of allylic oxidation sites excluding steroid dienone is 6. The van der Waals surface area contributed by atoms with Gasteiger partial charge in [0.05, 0.1) is 0 Å². The van der Waals surface area contributed by atoms with Crippen LogP contribution in [0.2, 0.25) is 0 Å². The summed E-state index contributed by atoms with van der Waals surface area (Å²) < 4.78 is 0. The molecule has 0 saturated heterocycles. The molecule has 0 N–H and O–H groups in total. The second-order valence-corrected chi connectivity index (χ2v) is 4.10. The molecule has 0 amide bonds. The molecule has 0 aromatic rings. The Labute approximate surface area is 165 Å². The molecule has 0 unspecified atom stereocenters. The summed E-state index contributed by atoms with van der Waals surface area (Å²) in [6.07, 6.45) is 3.17. The van der Waals surface area contributed by atoms with E-state index in [-0.39, 0.29) is 76.4 Å². The molecule has 0 heterocycles. The standard InChI is InChI=1S/3C5H8O2.Ce/c3*1-4(6)3-5(2)7;/h3*3,6H,1-2H3;/q;;;+3/p-3/b3*4-3-;. The van der Waals surface area contributed by atoms with Gasteiger partial charge < -0.3 is 15.3 Å². The average molecular weight is 437 g/mol.